The number of rotatable bonds is 11. The normalized spacial score (nSPS) is 10.3. The summed E-state index contributed by atoms with van der Waals surface area (Å²) in [7, 11) is 0. The standard InChI is InChI=1S/C25H28N4O4/c1-2-3-14-26-24(31)18-8-12-21(13-9-18)29-23(30)17-27-20-10-6-19(7-11-20)25(32)28-16-22-5-4-15-33-22/h4-13,15,27H,2-3,14,16-17H2,1H3,(H,26,31)(H,28,32)(H,29,30). The van der Waals surface area contributed by atoms with E-state index >= 15 is 0 Å². The Hall–Kier alpha value is -4.07. The molecule has 33 heavy (non-hydrogen) atoms. The zero-order valence-corrected chi connectivity index (χ0v) is 18.5. The summed E-state index contributed by atoms with van der Waals surface area (Å²) in [6.07, 6.45) is 3.51. The predicted octanol–water partition coefficient (Wildman–Crippen LogP) is 3.79. The number of hydrogen-bond donors (Lipinski definition) is 4. The lowest BCUT2D eigenvalue weighted by molar-refractivity contribution is -0.114. The molecule has 4 N–H and O–H groups in total. The number of hydrogen-bond acceptors (Lipinski definition) is 5. The van der Waals surface area contributed by atoms with Crippen molar-refractivity contribution in [2.75, 3.05) is 23.7 Å². The molecule has 3 rings (SSSR count). The van der Waals surface area contributed by atoms with Crippen LogP contribution >= 0.6 is 0 Å². The van der Waals surface area contributed by atoms with Crippen LogP contribution in [-0.2, 0) is 11.3 Å². The molecule has 172 valence electrons. The van der Waals surface area contributed by atoms with Crippen molar-refractivity contribution in [3.05, 3.63) is 83.8 Å². The van der Waals surface area contributed by atoms with Gasteiger partial charge in [0.15, 0.2) is 0 Å². The summed E-state index contributed by atoms with van der Waals surface area (Å²) < 4.78 is 5.19. The van der Waals surface area contributed by atoms with Gasteiger partial charge in [-0.2, -0.15) is 0 Å². The minimum absolute atomic E-state index is 0.0588. The minimum Gasteiger partial charge on any atom is -0.467 e. The summed E-state index contributed by atoms with van der Waals surface area (Å²) in [5.74, 6) is 0.118. The molecule has 8 heteroatoms. The predicted molar refractivity (Wildman–Crippen MR) is 127 cm³/mol. The summed E-state index contributed by atoms with van der Waals surface area (Å²) in [6, 6.07) is 17.1. The lowest BCUT2D eigenvalue weighted by atomic mass is 10.2. The molecule has 3 aromatic rings. The number of benzene rings is 2. The number of carbonyl (C=O) groups excluding carboxylic acids is 3. The van der Waals surface area contributed by atoms with E-state index in [0.29, 0.717) is 41.4 Å². The first-order valence-electron chi connectivity index (χ1n) is 10.9. The Morgan fingerprint density at radius 3 is 2.06 bits per heavy atom. The largest absolute Gasteiger partial charge is 0.467 e. The maximum atomic E-state index is 12.2. The van der Waals surface area contributed by atoms with Crippen LogP contribution in [-0.4, -0.2) is 30.8 Å². The van der Waals surface area contributed by atoms with E-state index in [0.717, 1.165) is 12.8 Å². The molecule has 0 aliphatic rings. The lowest BCUT2D eigenvalue weighted by Gasteiger charge is -2.10. The molecular weight excluding hydrogens is 420 g/mol. The fraction of sp³-hybridized carbons (Fsp3) is 0.240. The molecule has 1 aromatic heterocycles. The first kappa shape index (κ1) is 23.6. The Kier molecular flexibility index (Phi) is 8.64. The van der Waals surface area contributed by atoms with Gasteiger partial charge in [-0.25, -0.2) is 0 Å². The Balaban J connectivity index is 1.42. The zero-order valence-electron chi connectivity index (χ0n) is 18.5. The first-order valence-corrected chi connectivity index (χ1v) is 10.9. The number of unbranched alkanes of at least 4 members (excludes halogenated alkanes) is 1. The topological polar surface area (TPSA) is 112 Å². The van der Waals surface area contributed by atoms with Gasteiger partial charge in [0.2, 0.25) is 5.91 Å². The third kappa shape index (κ3) is 7.53. The molecule has 0 spiro atoms. The molecule has 1 heterocycles. The highest BCUT2D eigenvalue weighted by molar-refractivity contribution is 5.97. The number of furan rings is 1. The average molecular weight is 449 g/mol. The quantitative estimate of drug-likeness (QED) is 0.334. The van der Waals surface area contributed by atoms with Crippen LogP contribution in [0.15, 0.2) is 71.3 Å². The second-order valence-corrected chi connectivity index (χ2v) is 7.43. The van der Waals surface area contributed by atoms with Crippen molar-refractivity contribution >= 4 is 29.1 Å². The van der Waals surface area contributed by atoms with Gasteiger partial charge in [-0.05, 0) is 67.1 Å². The van der Waals surface area contributed by atoms with Gasteiger partial charge in [0.1, 0.15) is 5.76 Å². The first-order chi connectivity index (χ1) is 16.0. The Morgan fingerprint density at radius 1 is 0.818 bits per heavy atom. The fourth-order valence-corrected chi connectivity index (χ4v) is 3.00. The van der Waals surface area contributed by atoms with Crippen LogP contribution in [0.3, 0.4) is 0 Å². The molecular formula is C25H28N4O4. The Labute approximate surface area is 192 Å². The van der Waals surface area contributed by atoms with Gasteiger partial charge in [-0.15, -0.1) is 0 Å². The fourth-order valence-electron chi connectivity index (χ4n) is 3.00. The monoisotopic (exact) mass is 448 g/mol. The van der Waals surface area contributed by atoms with Crippen molar-refractivity contribution in [3.63, 3.8) is 0 Å². The van der Waals surface area contributed by atoms with Crippen LogP contribution < -0.4 is 21.3 Å². The second kappa shape index (κ2) is 12.1. The minimum atomic E-state index is -0.226. The van der Waals surface area contributed by atoms with Gasteiger partial charge in [0.05, 0.1) is 19.4 Å². The van der Waals surface area contributed by atoms with Gasteiger partial charge >= 0.3 is 0 Å². The van der Waals surface area contributed by atoms with E-state index in [1.54, 1.807) is 66.9 Å². The van der Waals surface area contributed by atoms with Gasteiger partial charge < -0.3 is 25.7 Å². The molecule has 2 aromatic carbocycles. The van der Waals surface area contributed by atoms with E-state index in [4.69, 9.17) is 4.42 Å². The van der Waals surface area contributed by atoms with Crippen molar-refractivity contribution in [1.82, 2.24) is 10.6 Å². The van der Waals surface area contributed by atoms with E-state index in [1.807, 2.05) is 0 Å². The van der Waals surface area contributed by atoms with E-state index in [9.17, 15) is 14.4 Å². The van der Waals surface area contributed by atoms with Crippen LogP contribution in [0, 0.1) is 0 Å². The number of anilines is 2. The van der Waals surface area contributed by atoms with Gasteiger partial charge in [-0.1, -0.05) is 13.3 Å². The molecule has 0 fully saturated rings. The molecule has 0 bridgehead atoms. The maximum Gasteiger partial charge on any atom is 0.251 e. The highest BCUT2D eigenvalue weighted by Crippen LogP contribution is 2.12. The van der Waals surface area contributed by atoms with E-state index in [1.165, 1.54) is 0 Å². The van der Waals surface area contributed by atoms with Gasteiger partial charge in [0, 0.05) is 29.0 Å². The summed E-state index contributed by atoms with van der Waals surface area (Å²) in [5.41, 5.74) is 2.38. The molecule has 0 saturated carbocycles. The van der Waals surface area contributed by atoms with Crippen LogP contribution in [0.2, 0.25) is 0 Å². The van der Waals surface area contributed by atoms with Crippen LogP contribution in [0.4, 0.5) is 11.4 Å². The molecule has 0 unspecified atom stereocenters. The van der Waals surface area contributed by atoms with Crippen molar-refractivity contribution in [3.8, 4) is 0 Å². The van der Waals surface area contributed by atoms with Gasteiger partial charge in [-0.3, -0.25) is 14.4 Å². The van der Waals surface area contributed by atoms with Crippen LogP contribution in [0.1, 0.15) is 46.2 Å². The Bertz CT molecular complexity index is 1050. The van der Waals surface area contributed by atoms with E-state index < -0.39 is 0 Å². The maximum absolute atomic E-state index is 12.2. The molecule has 0 aliphatic carbocycles. The summed E-state index contributed by atoms with van der Waals surface area (Å²) in [6.45, 7) is 3.09. The molecule has 0 atom stereocenters. The third-order valence-electron chi connectivity index (χ3n) is 4.85. The van der Waals surface area contributed by atoms with E-state index in [-0.39, 0.29) is 24.3 Å². The van der Waals surface area contributed by atoms with Crippen molar-refractivity contribution in [2.45, 2.75) is 26.3 Å². The van der Waals surface area contributed by atoms with Crippen molar-refractivity contribution < 1.29 is 18.8 Å². The second-order valence-electron chi connectivity index (χ2n) is 7.43. The molecule has 3 amide bonds. The molecule has 8 nitrogen and oxygen atoms in total. The smallest absolute Gasteiger partial charge is 0.251 e. The van der Waals surface area contributed by atoms with Crippen LogP contribution in [0.25, 0.3) is 0 Å². The van der Waals surface area contributed by atoms with E-state index in [2.05, 4.69) is 28.2 Å². The summed E-state index contributed by atoms with van der Waals surface area (Å²) in [4.78, 5) is 36.4. The molecule has 0 radical (unpaired) electrons. The average Bonchev–Trinajstić information content (AvgIpc) is 3.36. The third-order valence-corrected chi connectivity index (χ3v) is 4.85. The molecule has 0 aliphatic heterocycles. The Morgan fingerprint density at radius 2 is 1.45 bits per heavy atom. The van der Waals surface area contributed by atoms with Gasteiger partial charge in [0.25, 0.3) is 11.8 Å². The lowest BCUT2D eigenvalue weighted by Crippen LogP contribution is -2.24. The highest BCUT2D eigenvalue weighted by Gasteiger charge is 2.08. The SMILES string of the molecule is CCCCNC(=O)c1ccc(NC(=O)CNc2ccc(C(=O)NCc3ccco3)cc2)cc1. The summed E-state index contributed by atoms with van der Waals surface area (Å²) >= 11 is 0. The van der Waals surface area contributed by atoms with Crippen molar-refractivity contribution in [1.29, 1.82) is 0 Å². The van der Waals surface area contributed by atoms with Crippen LogP contribution in [0.5, 0.6) is 0 Å². The molecule has 0 saturated heterocycles. The zero-order chi connectivity index (χ0) is 23.5. The summed E-state index contributed by atoms with van der Waals surface area (Å²) in [5, 5.41) is 11.4. The highest BCUT2D eigenvalue weighted by atomic mass is 16.3. The van der Waals surface area contributed by atoms with Crippen molar-refractivity contribution in [2.24, 2.45) is 0 Å². The number of nitrogens with one attached hydrogen (secondary N) is 4. The number of carbonyl (C=O) groups is 3. The number of amides is 3.